The highest BCUT2D eigenvalue weighted by Crippen LogP contribution is 2.58. The lowest BCUT2D eigenvalue weighted by Crippen LogP contribution is -2.27. The Balaban J connectivity index is 0.973. The van der Waals surface area contributed by atoms with Gasteiger partial charge in [0.1, 0.15) is 34.1 Å². The molecular formula is C47H39I3O3S6. The van der Waals surface area contributed by atoms with Crippen molar-refractivity contribution in [3.8, 4) is 46.5 Å². The van der Waals surface area contributed by atoms with Gasteiger partial charge in [0.2, 0.25) is 0 Å². The highest BCUT2D eigenvalue weighted by Gasteiger charge is 2.40. The van der Waals surface area contributed by atoms with Crippen LogP contribution in [0.3, 0.4) is 0 Å². The van der Waals surface area contributed by atoms with Crippen LogP contribution in [-0.2, 0) is 16.8 Å². The van der Waals surface area contributed by atoms with Crippen molar-refractivity contribution in [2.75, 3.05) is 0 Å². The maximum absolute atomic E-state index is 6.85. The fourth-order valence-corrected chi connectivity index (χ4v) is 18.3. The molecule has 12 heteroatoms. The number of hydrogen-bond donors (Lipinski definition) is 0. The predicted molar refractivity (Wildman–Crippen MR) is 285 cm³/mol. The zero-order chi connectivity index (χ0) is 41.3. The molecule has 0 bridgehead atoms. The van der Waals surface area contributed by atoms with E-state index >= 15 is 0 Å². The van der Waals surface area contributed by atoms with Gasteiger partial charge in [-0.25, -0.2) is 0 Å². The number of alkyl halides is 1. The molecule has 2 atom stereocenters. The Bertz CT molecular complexity index is 2870. The van der Waals surface area contributed by atoms with Gasteiger partial charge < -0.3 is 14.2 Å². The van der Waals surface area contributed by atoms with Crippen molar-refractivity contribution in [2.24, 2.45) is 5.92 Å². The Labute approximate surface area is 411 Å². The molecule has 6 aromatic rings. The van der Waals surface area contributed by atoms with Crippen molar-refractivity contribution in [3.63, 3.8) is 0 Å². The molecular weight excluding hydrogens is 1190 g/mol. The Morgan fingerprint density at radius 2 is 1.22 bits per heavy atom. The van der Waals surface area contributed by atoms with Crippen LogP contribution in [0.4, 0.5) is 0 Å². The van der Waals surface area contributed by atoms with E-state index in [1.807, 2.05) is 56.7 Å². The first-order chi connectivity index (χ1) is 28.0. The van der Waals surface area contributed by atoms with Crippen LogP contribution in [0.2, 0.25) is 0 Å². The summed E-state index contributed by atoms with van der Waals surface area (Å²) < 4.78 is 23.5. The van der Waals surface area contributed by atoms with Crippen LogP contribution < -0.4 is 14.2 Å². The van der Waals surface area contributed by atoms with Crippen LogP contribution in [-0.4, -0.2) is 3.92 Å². The highest BCUT2D eigenvalue weighted by molar-refractivity contribution is 14.1. The topological polar surface area (TPSA) is 27.7 Å². The summed E-state index contributed by atoms with van der Waals surface area (Å²) in [5, 5.41) is 4.33. The molecule has 302 valence electrons. The number of fused-ring (bicyclic) bond motifs is 9. The summed E-state index contributed by atoms with van der Waals surface area (Å²) in [4.78, 5) is 12.9. The van der Waals surface area contributed by atoms with Crippen molar-refractivity contribution in [1.82, 2.24) is 0 Å². The lowest BCUT2D eigenvalue weighted by Gasteiger charge is -2.31. The van der Waals surface area contributed by atoms with Crippen LogP contribution >= 0.6 is 136 Å². The molecule has 4 aliphatic rings. The lowest BCUT2D eigenvalue weighted by atomic mass is 9.86. The summed E-state index contributed by atoms with van der Waals surface area (Å²) in [7, 11) is 0. The monoisotopic (exact) mass is 1220 g/mol. The van der Waals surface area contributed by atoms with Gasteiger partial charge in [-0.05, 0) is 157 Å². The van der Waals surface area contributed by atoms with Gasteiger partial charge in [0.15, 0.2) is 0 Å². The number of allylic oxidation sites excluding steroid dienone is 9. The van der Waals surface area contributed by atoms with Gasteiger partial charge in [0.05, 0.1) is 29.3 Å². The Morgan fingerprint density at radius 1 is 0.644 bits per heavy atom. The first-order valence-corrected chi connectivity index (χ1v) is 27.9. The number of ether oxygens (including phenoxy) is 3. The van der Waals surface area contributed by atoms with Crippen LogP contribution in [0.25, 0.3) is 51.6 Å². The van der Waals surface area contributed by atoms with Crippen molar-refractivity contribution in [1.29, 1.82) is 0 Å². The molecule has 6 aromatic heterocycles. The first kappa shape index (κ1) is 41.5. The summed E-state index contributed by atoms with van der Waals surface area (Å²) >= 11 is 18.6. The van der Waals surface area contributed by atoms with Gasteiger partial charge in [-0.2, -0.15) is 0 Å². The van der Waals surface area contributed by atoms with Gasteiger partial charge in [0.25, 0.3) is 0 Å². The number of rotatable bonds is 6. The molecule has 0 spiro atoms. The Hall–Kier alpha value is -1.51. The minimum atomic E-state index is -0.443. The molecule has 0 saturated heterocycles. The average molecular weight is 1220 g/mol. The Morgan fingerprint density at radius 3 is 1.98 bits per heavy atom. The van der Waals surface area contributed by atoms with Crippen LogP contribution in [0.15, 0.2) is 79.1 Å². The highest BCUT2D eigenvalue weighted by atomic mass is 127. The van der Waals surface area contributed by atoms with Crippen LogP contribution in [0.1, 0.15) is 91.6 Å². The fourth-order valence-electron chi connectivity index (χ4n) is 8.39. The second kappa shape index (κ2) is 15.1. The van der Waals surface area contributed by atoms with Crippen molar-refractivity contribution in [2.45, 2.75) is 76.1 Å². The molecule has 0 fully saturated rings. The van der Waals surface area contributed by atoms with Crippen molar-refractivity contribution in [3.05, 3.63) is 115 Å². The van der Waals surface area contributed by atoms with Crippen molar-refractivity contribution >= 4 is 158 Å². The number of halogens is 3. The molecule has 3 aliphatic heterocycles. The van der Waals surface area contributed by atoms with Crippen LogP contribution in [0.5, 0.6) is 17.2 Å². The van der Waals surface area contributed by atoms with E-state index in [2.05, 4.69) is 199 Å². The maximum Gasteiger partial charge on any atom is 0.140 e. The van der Waals surface area contributed by atoms with E-state index in [0.29, 0.717) is 9.84 Å². The van der Waals surface area contributed by atoms with Gasteiger partial charge in [0, 0.05) is 49.3 Å². The third-order valence-corrected chi connectivity index (χ3v) is 21.6. The zero-order valence-corrected chi connectivity index (χ0v) is 44.8. The average Bonchev–Trinajstić information content (AvgIpc) is 4.01. The molecule has 0 saturated carbocycles. The normalized spacial score (nSPS) is 21.1. The van der Waals surface area contributed by atoms with E-state index in [0.717, 1.165) is 17.2 Å². The van der Waals surface area contributed by atoms with Crippen molar-refractivity contribution < 1.29 is 14.2 Å². The molecule has 0 aromatic carbocycles. The standard InChI is InChI=1S/C47H39I3O3S6/c1-22(17-30(49)25(11-14-48)36-20-32-43(58-36)39-27(12-15-54-39)45(3,4)52-32)34-18-28-41(56-34)44-33(53-47(28,7)8)21-37(59-44)26-10-9-24(23(2)38(26)50)35-19-29-40(57-35)42-31(13-16-55-42)51-46(29,5)6/h9-21,23,38H,1-8H3/b14-11+,22-17+,30-25-/t23-,38?/m1/s1. The SMILES string of the molecule is C\C(=C/C(I)=C(\C=C\I)c1cc2c(s1)-c1sccc1C(C)(C)O2)c1cc2c(s1)-c1sc(C3=CC=C(c4cc5c(s4)-c4sccc4OC5(C)C)[C@@H](C)C3I)cc1OC2(C)C. The third-order valence-electron chi connectivity index (χ3n) is 11.5. The van der Waals surface area contributed by atoms with E-state index in [9.17, 15) is 0 Å². The lowest BCUT2D eigenvalue weighted by molar-refractivity contribution is 0.107. The minimum Gasteiger partial charge on any atom is -0.482 e. The largest absolute Gasteiger partial charge is 0.482 e. The predicted octanol–water partition coefficient (Wildman–Crippen LogP) is 18.1. The smallest absolute Gasteiger partial charge is 0.140 e. The Kier molecular flexibility index (Phi) is 10.6. The van der Waals surface area contributed by atoms with Gasteiger partial charge in [-0.1, -0.05) is 64.3 Å². The quantitative estimate of drug-likeness (QED) is 0.0945. The summed E-state index contributed by atoms with van der Waals surface area (Å²) in [5.41, 5.74) is 7.93. The summed E-state index contributed by atoms with van der Waals surface area (Å²) in [6.07, 6.45) is 9.31. The summed E-state index contributed by atoms with van der Waals surface area (Å²) in [6.45, 7) is 17.8. The molecule has 0 amide bonds. The molecule has 1 unspecified atom stereocenters. The van der Waals surface area contributed by atoms with E-state index in [1.54, 1.807) is 11.3 Å². The summed E-state index contributed by atoms with van der Waals surface area (Å²) in [6, 6.07) is 13.6. The third kappa shape index (κ3) is 6.94. The zero-order valence-electron chi connectivity index (χ0n) is 33.5. The molecule has 10 rings (SSSR count). The second-order valence-electron chi connectivity index (χ2n) is 16.7. The van der Waals surface area contributed by atoms with E-state index in [1.165, 1.54) is 91.3 Å². The molecule has 3 nitrogen and oxygen atoms in total. The van der Waals surface area contributed by atoms with Crippen LogP contribution in [0, 0.1) is 5.92 Å². The van der Waals surface area contributed by atoms with E-state index in [4.69, 9.17) is 14.2 Å². The second-order valence-corrected chi connectivity index (χ2v) is 26.0. The van der Waals surface area contributed by atoms with Gasteiger partial charge in [-0.15, -0.1) is 68.0 Å². The van der Waals surface area contributed by atoms with E-state index in [-0.39, 0.29) is 11.2 Å². The maximum atomic E-state index is 6.85. The molecule has 0 N–H and O–H groups in total. The minimum absolute atomic E-state index is 0.323. The summed E-state index contributed by atoms with van der Waals surface area (Å²) in [5.74, 6) is 3.34. The van der Waals surface area contributed by atoms with Gasteiger partial charge in [-0.3, -0.25) is 0 Å². The molecule has 59 heavy (non-hydrogen) atoms. The molecule has 0 radical (unpaired) electrons. The molecule has 1 aliphatic carbocycles. The first-order valence-electron chi connectivity index (χ1n) is 19.3. The van der Waals surface area contributed by atoms with E-state index < -0.39 is 5.60 Å². The molecule has 9 heterocycles. The van der Waals surface area contributed by atoms with Gasteiger partial charge >= 0.3 is 0 Å². The number of thiophene rings is 6. The fraction of sp³-hybridized carbons (Fsp3) is 0.277. The number of hydrogen-bond acceptors (Lipinski definition) is 9.